The molecule has 214 valence electrons. The summed E-state index contributed by atoms with van der Waals surface area (Å²) in [4.78, 5) is 9.11. The van der Waals surface area contributed by atoms with Gasteiger partial charge in [-0.1, -0.05) is 23.7 Å². The Morgan fingerprint density at radius 1 is 1.07 bits per heavy atom. The summed E-state index contributed by atoms with van der Waals surface area (Å²) in [5, 5.41) is 19.2. The van der Waals surface area contributed by atoms with Crippen LogP contribution in [0.15, 0.2) is 47.5 Å². The molecule has 0 amide bonds. The van der Waals surface area contributed by atoms with Crippen LogP contribution in [0.4, 0.5) is 23.1 Å². The Balaban J connectivity index is 1.38. The van der Waals surface area contributed by atoms with Crippen LogP contribution in [0.5, 0.6) is 5.75 Å². The van der Waals surface area contributed by atoms with Crippen molar-refractivity contribution in [3.63, 3.8) is 0 Å². The average Bonchev–Trinajstić information content (AvgIpc) is 3.44. The monoisotopic (exact) mass is 586 g/mol. The molecule has 12 heteroatoms. The number of sulfonamides is 1. The van der Waals surface area contributed by atoms with Crippen LogP contribution in [0.1, 0.15) is 36.8 Å². The zero-order valence-electron chi connectivity index (χ0n) is 22.5. The maximum Gasteiger partial charge on any atom is 0.245 e. The standard InChI is InChI=1S/C28H35ClN6O4S/c1-39-25-17-20-9-11-21(30-12-15-36)10-8-19(20)16-24(25)33-28-31-18-22(29)27(34-28)32-23-6-2-3-7-26(23)40(37,38)35-13-4-5-14-35/h2-3,6-7,16-18,21,30,36H,4-5,8-15H2,1H3,(H2,31,32,33,34). The van der Waals surface area contributed by atoms with Gasteiger partial charge in [0, 0.05) is 25.7 Å². The van der Waals surface area contributed by atoms with Crippen molar-refractivity contribution in [2.45, 2.75) is 49.5 Å². The van der Waals surface area contributed by atoms with E-state index >= 15 is 0 Å². The van der Waals surface area contributed by atoms with E-state index < -0.39 is 10.0 Å². The molecule has 1 saturated heterocycles. The second-order valence-corrected chi connectivity index (χ2v) is 12.3. The number of nitrogens with one attached hydrogen (secondary N) is 3. The Morgan fingerprint density at radius 2 is 1.80 bits per heavy atom. The van der Waals surface area contributed by atoms with Crippen LogP contribution < -0.4 is 20.7 Å². The van der Waals surface area contributed by atoms with E-state index in [0.29, 0.717) is 43.1 Å². The molecular formula is C28H35ClN6O4S. The number of benzene rings is 2. The van der Waals surface area contributed by atoms with Gasteiger partial charge in [-0.15, -0.1) is 0 Å². The van der Waals surface area contributed by atoms with Crippen molar-refractivity contribution in [1.29, 1.82) is 0 Å². The van der Waals surface area contributed by atoms with Crippen molar-refractivity contribution in [2.24, 2.45) is 0 Å². The molecule has 4 N–H and O–H groups in total. The first-order valence-electron chi connectivity index (χ1n) is 13.6. The number of methoxy groups -OCH3 is 1. The maximum atomic E-state index is 13.3. The molecule has 1 atom stereocenters. The van der Waals surface area contributed by atoms with Crippen molar-refractivity contribution in [3.8, 4) is 5.75 Å². The molecule has 1 aliphatic carbocycles. The second-order valence-electron chi connectivity index (χ2n) is 10.0. The number of ether oxygens (including phenoxy) is 1. The Labute approximate surface area is 240 Å². The van der Waals surface area contributed by atoms with Crippen LogP contribution in [0.25, 0.3) is 0 Å². The van der Waals surface area contributed by atoms with Gasteiger partial charge in [-0.2, -0.15) is 9.29 Å². The largest absolute Gasteiger partial charge is 0.495 e. The fourth-order valence-corrected chi connectivity index (χ4v) is 7.10. The third kappa shape index (κ3) is 6.34. The molecule has 2 aliphatic rings. The van der Waals surface area contributed by atoms with Crippen molar-refractivity contribution >= 4 is 44.8 Å². The van der Waals surface area contributed by atoms with E-state index in [0.717, 1.165) is 44.2 Å². The molecule has 0 spiro atoms. The summed E-state index contributed by atoms with van der Waals surface area (Å²) < 4.78 is 33.8. The lowest BCUT2D eigenvalue weighted by molar-refractivity contribution is 0.280. The molecule has 1 fully saturated rings. The number of aliphatic hydroxyl groups is 1. The normalized spacial score (nSPS) is 17.7. The van der Waals surface area contributed by atoms with E-state index in [1.807, 2.05) is 0 Å². The molecule has 3 aromatic rings. The molecule has 1 unspecified atom stereocenters. The van der Waals surface area contributed by atoms with Crippen LogP contribution in [-0.2, 0) is 22.9 Å². The Bertz CT molecular complexity index is 1450. The first kappa shape index (κ1) is 28.6. The van der Waals surface area contributed by atoms with Crippen LogP contribution in [-0.4, -0.2) is 67.2 Å². The van der Waals surface area contributed by atoms with Gasteiger partial charge in [-0.05, 0) is 73.9 Å². The summed E-state index contributed by atoms with van der Waals surface area (Å²) in [7, 11) is -2.03. The quantitative estimate of drug-likeness (QED) is 0.258. The smallest absolute Gasteiger partial charge is 0.245 e. The number of hydrogen-bond acceptors (Lipinski definition) is 9. The lowest BCUT2D eigenvalue weighted by Gasteiger charge is -2.19. The van der Waals surface area contributed by atoms with Gasteiger partial charge in [-0.3, -0.25) is 0 Å². The molecular weight excluding hydrogens is 552 g/mol. The minimum atomic E-state index is -3.66. The summed E-state index contributed by atoms with van der Waals surface area (Å²) in [6, 6.07) is 11.3. The summed E-state index contributed by atoms with van der Waals surface area (Å²) in [6.45, 7) is 1.75. The van der Waals surface area contributed by atoms with Crippen molar-refractivity contribution < 1.29 is 18.3 Å². The number of fused-ring (bicyclic) bond motifs is 1. The number of hydrogen-bond donors (Lipinski definition) is 4. The minimum absolute atomic E-state index is 0.128. The first-order chi connectivity index (χ1) is 19.4. The second kappa shape index (κ2) is 12.7. The molecule has 1 aromatic heterocycles. The van der Waals surface area contributed by atoms with Gasteiger partial charge >= 0.3 is 0 Å². The van der Waals surface area contributed by atoms with Gasteiger partial charge in [0.2, 0.25) is 16.0 Å². The van der Waals surface area contributed by atoms with Crippen LogP contribution in [0, 0.1) is 0 Å². The third-order valence-corrected chi connectivity index (χ3v) is 9.64. The highest BCUT2D eigenvalue weighted by Gasteiger charge is 2.29. The van der Waals surface area contributed by atoms with Crippen LogP contribution in [0.3, 0.4) is 0 Å². The van der Waals surface area contributed by atoms with Crippen LogP contribution in [0.2, 0.25) is 5.02 Å². The van der Waals surface area contributed by atoms with Gasteiger partial charge < -0.3 is 25.8 Å². The highest BCUT2D eigenvalue weighted by molar-refractivity contribution is 7.89. The molecule has 2 aromatic carbocycles. The fraction of sp³-hybridized carbons (Fsp3) is 0.429. The summed E-state index contributed by atoms with van der Waals surface area (Å²) in [5.41, 5.74) is 3.59. The third-order valence-electron chi connectivity index (χ3n) is 7.40. The number of halogens is 1. The first-order valence-corrected chi connectivity index (χ1v) is 15.4. The minimum Gasteiger partial charge on any atom is -0.495 e. The maximum absolute atomic E-state index is 13.3. The number of anilines is 4. The topological polar surface area (TPSA) is 129 Å². The Hall–Kier alpha value is -2.96. The molecule has 0 saturated carbocycles. The van der Waals surface area contributed by atoms with E-state index in [2.05, 4.69) is 38.1 Å². The van der Waals surface area contributed by atoms with Gasteiger partial charge in [-0.25, -0.2) is 13.4 Å². The lowest BCUT2D eigenvalue weighted by atomic mass is 10.0. The Kier molecular flexibility index (Phi) is 9.07. The molecule has 0 bridgehead atoms. The van der Waals surface area contributed by atoms with Crippen molar-refractivity contribution in [2.75, 3.05) is 44.0 Å². The number of nitrogens with zero attached hydrogens (tertiary/aromatic N) is 3. The number of para-hydroxylation sites is 1. The highest BCUT2D eigenvalue weighted by atomic mass is 35.5. The molecule has 2 heterocycles. The average molecular weight is 587 g/mol. The molecule has 5 rings (SSSR count). The predicted molar refractivity (Wildman–Crippen MR) is 157 cm³/mol. The number of aromatic nitrogens is 2. The van der Waals surface area contributed by atoms with Gasteiger partial charge in [0.05, 0.1) is 31.3 Å². The van der Waals surface area contributed by atoms with E-state index in [1.54, 1.807) is 31.4 Å². The molecule has 0 radical (unpaired) electrons. The Morgan fingerprint density at radius 3 is 2.52 bits per heavy atom. The van der Waals surface area contributed by atoms with Gasteiger partial charge in [0.15, 0.2) is 5.82 Å². The van der Waals surface area contributed by atoms with E-state index in [9.17, 15) is 8.42 Å². The molecule has 40 heavy (non-hydrogen) atoms. The van der Waals surface area contributed by atoms with Crippen LogP contribution >= 0.6 is 11.6 Å². The molecule has 1 aliphatic heterocycles. The predicted octanol–water partition coefficient (Wildman–Crippen LogP) is 4.24. The van der Waals surface area contributed by atoms with E-state index in [4.69, 9.17) is 21.4 Å². The number of aliphatic hydroxyl groups excluding tert-OH is 1. The fourth-order valence-electron chi connectivity index (χ4n) is 5.30. The zero-order chi connectivity index (χ0) is 28.1. The highest BCUT2D eigenvalue weighted by Crippen LogP contribution is 2.35. The SMILES string of the molecule is COc1cc2c(cc1Nc1ncc(Cl)c(Nc3ccccc3S(=O)(=O)N3CCCC3)n1)CCC(NCCO)CC2. The summed E-state index contributed by atoms with van der Waals surface area (Å²) >= 11 is 6.44. The summed E-state index contributed by atoms with van der Waals surface area (Å²) in [6.07, 6.45) is 6.97. The van der Waals surface area contributed by atoms with Gasteiger partial charge in [0.1, 0.15) is 15.7 Å². The molecule has 10 nitrogen and oxygen atoms in total. The van der Waals surface area contributed by atoms with Crippen molar-refractivity contribution in [3.05, 3.63) is 58.7 Å². The number of rotatable bonds is 10. The lowest BCUT2D eigenvalue weighted by Crippen LogP contribution is -2.31. The summed E-state index contributed by atoms with van der Waals surface area (Å²) in [5.74, 6) is 1.26. The zero-order valence-corrected chi connectivity index (χ0v) is 24.1. The van der Waals surface area contributed by atoms with Crippen molar-refractivity contribution in [1.82, 2.24) is 19.6 Å². The van der Waals surface area contributed by atoms with E-state index in [-0.39, 0.29) is 22.3 Å². The van der Waals surface area contributed by atoms with Gasteiger partial charge in [0.25, 0.3) is 0 Å². The van der Waals surface area contributed by atoms with E-state index in [1.165, 1.54) is 21.6 Å². The number of aryl methyl sites for hydroxylation is 2.